The molecule has 2 aliphatic rings. The summed E-state index contributed by atoms with van der Waals surface area (Å²) in [7, 11) is -3.81. The van der Waals surface area contributed by atoms with Gasteiger partial charge in [-0.1, -0.05) is 6.07 Å². The molecular formula is C20H21N7O3S2. The van der Waals surface area contributed by atoms with E-state index in [-0.39, 0.29) is 10.8 Å². The smallest absolute Gasteiger partial charge is 0.282 e. The van der Waals surface area contributed by atoms with Gasteiger partial charge in [0.1, 0.15) is 0 Å². The second-order valence-electron chi connectivity index (χ2n) is 7.60. The number of hydrogen-bond acceptors (Lipinski definition) is 9. The predicted octanol–water partition coefficient (Wildman–Crippen LogP) is 1.14. The normalized spacial score (nSPS) is 15.7. The summed E-state index contributed by atoms with van der Waals surface area (Å²) < 4.78 is 23.2. The number of nitrogens with two attached hydrogens (primary N) is 1. The average Bonchev–Trinajstić information content (AvgIpc) is 3.24. The van der Waals surface area contributed by atoms with E-state index >= 15 is 0 Å². The first-order valence-electron chi connectivity index (χ1n) is 10.1. The highest BCUT2D eigenvalue weighted by molar-refractivity contribution is 7.89. The van der Waals surface area contributed by atoms with Gasteiger partial charge in [0.2, 0.25) is 16.0 Å². The maximum atomic E-state index is 12.9. The Kier molecular flexibility index (Phi) is 5.37. The number of rotatable bonds is 4. The lowest BCUT2D eigenvalue weighted by Gasteiger charge is -2.26. The monoisotopic (exact) mass is 471 g/mol. The van der Waals surface area contributed by atoms with Gasteiger partial charge in [-0.25, -0.2) is 28.5 Å². The number of piperazine rings is 1. The fourth-order valence-electron chi connectivity index (χ4n) is 3.78. The first-order chi connectivity index (χ1) is 15.4. The minimum absolute atomic E-state index is 0.00118. The molecule has 0 bridgehead atoms. The van der Waals surface area contributed by atoms with Crippen LogP contribution in [0, 0.1) is 0 Å². The number of thiazole rings is 1. The van der Waals surface area contributed by atoms with Crippen molar-refractivity contribution in [3.8, 4) is 10.6 Å². The molecule has 0 radical (unpaired) electrons. The molecule has 1 amide bonds. The van der Waals surface area contributed by atoms with E-state index in [4.69, 9.17) is 5.14 Å². The molecule has 2 aromatic heterocycles. The highest BCUT2D eigenvalue weighted by Gasteiger charge is 2.28. The molecule has 5 rings (SSSR count). The van der Waals surface area contributed by atoms with Crippen molar-refractivity contribution in [3.05, 3.63) is 46.7 Å². The number of carbonyl (C=O) groups excluding carboxylic acids is 1. The van der Waals surface area contributed by atoms with E-state index in [9.17, 15) is 13.2 Å². The number of aromatic nitrogens is 3. The van der Waals surface area contributed by atoms with E-state index in [0.29, 0.717) is 29.7 Å². The Bertz CT molecular complexity index is 1300. The van der Waals surface area contributed by atoms with Gasteiger partial charge >= 0.3 is 0 Å². The first kappa shape index (κ1) is 20.9. The standard InChI is InChI=1S/C20H21N7O3S2/c21-32(29,30)14-3-1-2-13(10-14)24-20-23-11-12-4-5-15-17(16(12)26-20)31-18(25-15)19(28)27-8-6-22-7-9-27/h1-3,10-11,22H,4-9H2,(H2,21,29,30)(H,23,24,26). The number of nitrogens with one attached hydrogen (secondary N) is 2. The highest BCUT2D eigenvalue weighted by atomic mass is 32.2. The van der Waals surface area contributed by atoms with Gasteiger partial charge in [0, 0.05) is 38.1 Å². The van der Waals surface area contributed by atoms with Crippen molar-refractivity contribution in [3.63, 3.8) is 0 Å². The third kappa shape index (κ3) is 4.09. The fourth-order valence-corrected chi connectivity index (χ4v) is 5.44. The van der Waals surface area contributed by atoms with E-state index in [1.54, 1.807) is 18.3 Å². The summed E-state index contributed by atoms with van der Waals surface area (Å²) in [6.45, 7) is 2.92. The van der Waals surface area contributed by atoms with Gasteiger partial charge in [0.25, 0.3) is 5.91 Å². The van der Waals surface area contributed by atoms with E-state index in [2.05, 4.69) is 25.6 Å². The molecule has 0 unspecified atom stereocenters. The van der Waals surface area contributed by atoms with Crippen molar-refractivity contribution in [1.29, 1.82) is 0 Å². The van der Waals surface area contributed by atoms with Crippen LogP contribution in [0.5, 0.6) is 0 Å². The second-order valence-corrected chi connectivity index (χ2v) is 10.2. The highest BCUT2D eigenvalue weighted by Crippen LogP contribution is 2.37. The molecular weight excluding hydrogens is 450 g/mol. The van der Waals surface area contributed by atoms with Gasteiger partial charge in [-0.2, -0.15) is 0 Å². The largest absolute Gasteiger partial charge is 0.334 e. The lowest BCUT2D eigenvalue weighted by atomic mass is 10.00. The molecule has 1 saturated heterocycles. The molecule has 1 aliphatic carbocycles. The van der Waals surface area contributed by atoms with E-state index in [1.807, 2.05) is 4.90 Å². The molecule has 0 saturated carbocycles. The van der Waals surface area contributed by atoms with Gasteiger partial charge in [-0.3, -0.25) is 4.79 Å². The molecule has 32 heavy (non-hydrogen) atoms. The number of sulfonamides is 1. The Morgan fingerprint density at radius 3 is 2.78 bits per heavy atom. The second kappa shape index (κ2) is 8.20. The Morgan fingerprint density at radius 1 is 1.19 bits per heavy atom. The van der Waals surface area contributed by atoms with E-state index < -0.39 is 10.0 Å². The summed E-state index contributed by atoms with van der Waals surface area (Å²) in [5.41, 5.74) is 3.13. The predicted molar refractivity (Wildman–Crippen MR) is 120 cm³/mol. The third-order valence-electron chi connectivity index (χ3n) is 5.41. The van der Waals surface area contributed by atoms with Gasteiger partial charge in [0.05, 0.1) is 21.2 Å². The summed E-state index contributed by atoms with van der Waals surface area (Å²) in [4.78, 5) is 29.3. The zero-order chi connectivity index (χ0) is 22.3. The summed E-state index contributed by atoms with van der Waals surface area (Å²) in [6.07, 6.45) is 3.24. The molecule has 0 atom stereocenters. The lowest BCUT2D eigenvalue weighted by Crippen LogP contribution is -2.46. The SMILES string of the molecule is NS(=O)(=O)c1cccc(Nc2ncc3c(n2)-c2sc(C(=O)N4CCNCC4)nc2CC3)c1. The van der Waals surface area contributed by atoms with Crippen LogP contribution in [0.1, 0.15) is 21.1 Å². The lowest BCUT2D eigenvalue weighted by molar-refractivity contribution is 0.0735. The van der Waals surface area contributed by atoms with Crippen LogP contribution in [-0.4, -0.2) is 60.4 Å². The number of carbonyl (C=O) groups is 1. The van der Waals surface area contributed by atoms with Crippen molar-refractivity contribution >= 4 is 38.9 Å². The average molecular weight is 472 g/mol. The number of aryl methyl sites for hydroxylation is 2. The van der Waals surface area contributed by atoms with Crippen molar-refractivity contribution in [1.82, 2.24) is 25.2 Å². The van der Waals surface area contributed by atoms with Crippen LogP contribution >= 0.6 is 11.3 Å². The van der Waals surface area contributed by atoms with Crippen LogP contribution in [-0.2, 0) is 22.9 Å². The number of benzene rings is 1. The number of hydrogen-bond donors (Lipinski definition) is 3. The van der Waals surface area contributed by atoms with E-state index in [0.717, 1.165) is 47.8 Å². The van der Waals surface area contributed by atoms with Gasteiger partial charge in [-0.15, -0.1) is 11.3 Å². The number of fused-ring (bicyclic) bond motifs is 3. The summed E-state index contributed by atoms with van der Waals surface area (Å²) in [5, 5.41) is 12.0. The quantitative estimate of drug-likeness (QED) is 0.514. The number of nitrogens with zero attached hydrogens (tertiary/aromatic N) is 4. The Morgan fingerprint density at radius 2 is 2.00 bits per heavy atom. The molecule has 4 N–H and O–H groups in total. The van der Waals surface area contributed by atoms with Crippen molar-refractivity contribution in [2.75, 3.05) is 31.5 Å². The minimum Gasteiger partial charge on any atom is -0.334 e. The molecule has 1 aromatic carbocycles. The van der Waals surface area contributed by atoms with Crippen molar-refractivity contribution < 1.29 is 13.2 Å². The van der Waals surface area contributed by atoms with Crippen LogP contribution in [0.4, 0.5) is 11.6 Å². The van der Waals surface area contributed by atoms with Crippen LogP contribution in [0.25, 0.3) is 10.6 Å². The zero-order valence-electron chi connectivity index (χ0n) is 17.0. The minimum atomic E-state index is -3.81. The van der Waals surface area contributed by atoms with Crippen LogP contribution in [0.3, 0.4) is 0 Å². The molecule has 1 fully saturated rings. The summed E-state index contributed by atoms with van der Waals surface area (Å²) in [5.74, 6) is 0.284. The maximum absolute atomic E-state index is 12.9. The van der Waals surface area contributed by atoms with Crippen molar-refractivity contribution in [2.45, 2.75) is 17.7 Å². The third-order valence-corrected chi connectivity index (χ3v) is 7.42. The van der Waals surface area contributed by atoms with Crippen molar-refractivity contribution in [2.24, 2.45) is 5.14 Å². The van der Waals surface area contributed by atoms with Gasteiger partial charge in [0.15, 0.2) is 5.01 Å². The number of primary sulfonamides is 1. The molecule has 3 heterocycles. The van der Waals surface area contributed by atoms with Crippen LogP contribution in [0.15, 0.2) is 35.4 Å². The Balaban J connectivity index is 1.44. The van der Waals surface area contributed by atoms with Crippen LogP contribution in [0.2, 0.25) is 0 Å². The molecule has 12 heteroatoms. The van der Waals surface area contributed by atoms with Gasteiger partial charge < -0.3 is 15.5 Å². The maximum Gasteiger partial charge on any atom is 0.282 e. The summed E-state index contributed by atoms with van der Waals surface area (Å²) >= 11 is 1.36. The summed E-state index contributed by atoms with van der Waals surface area (Å²) in [6, 6.07) is 6.16. The molecule has 10 nitrogen and oxygen atoms in total. The number of amides is 1. The fraction of sp³-hybridized carbons (Fsp3) is 0.300. The molecule has 0 spiro atoms. The zero-order valence-corrected chi connectivity index (χ0v) is 18.7. The Labute approximate surface area is 189 Å². The topological polar surface area (TPSA) is 143 Å². The van der Waals surface area contributed by atoms with Crippen LogP contribution < -0.4 is 15.8 Å². The Hall–Kier alpha value is -2.93. The molecule has 166 valence electrons. The first-order valence-corrected chi connectivity index (χ1v) is 12.5. The van der Waals surface area contributed by atoms with E-state index in [1.165, 1.54) is 23.5 Å². The van der Waals surface area contributed by atoms with Gasteiger partial charge in [-0.05, 0) is 36.6 Å². The number of anilines is 2. The molecule has 3 aromatic rings. The molecule has 1 aliphatic heterocycles.